The molecule has 6 nitrogen and oxygen atoms in total. The number of hydrogen-bond donors (Lipinski definition) is 1. The number of ether oxygens (including phenoxy) is 1. The molecule has 6 heteroatoms. The van der Waals surface area contributed by atoms with Gasteiger partial charge < -0.3 is 15.0 Å². The molecular formula is C23H21N3O3. The quantitative estimate of drug-likeness (QED) is 0.701. The molecule has 1 unspecified atom stereocenters. The minimum atomic E-state index is -0.386. The highest BCUT2D eigenvalue weighted by Crippen LogP contribution is 2.26. The Morgan fingerprint density at radius 1 is 1.10 bits per heavy atom. The predicted molar refractivity (Wildman–Crippen MR) is 111 cm³/mol. The second kappa shape index (κ2) is 8.56. The van der Waals surface area contributed by atoms with Crippen molar-refractivity contribution in [2.45, 2.75) is 13.0 Å². The number of hydrogen-bond acceptors (Lipinski definition) is 4. The Morgan fingerprint density at radius 3 is 2.76 bits per heavy atom. The number of benzene rings is 2. The van der Waals surface area contributed by atoms with E-state index in [-0.39, 0.29) is 24.2 Å². The first-order chi connectivity index (χ1) is 14.2. The monoisotopic (exact) mass is 387 g/mol. The molecule has 0 aliphatic carbocycles. The maximum Gasteiger partial charge on any atom is 0.229 e. The van der Waals surface area contributed by atoms with Crippen LogP contribution in [0.5, 0.6) is 5.75 Å². The molecular weight excluding hydrogens is 366 g/mol. The molecule has 0 radical (unpaired) electrons. The summed E-state index contributed by atoms with van der Waals surface area (Å²) in [5.74, 6) is 0.0637. The largest absolute Gasteiger partial charge is 0.489 e. The molecule has 0 bridgehead atoms. The molecule has 29 heavy (non-hydrogen) atoms. The summed E-state index contributed by atoms with van der Waals surface area (Å²) in [6, 6.07) is 20.5. The highest BCUT2D eigenvalue weighted by Gasteiger charge is 2.35. The fraction of sp³-hybridized carbons (Fsp3) is 0.174. The average molecular weight is 387 g/mol. The van der Waals surface area contributed by atoms with Crippen LogP contribution in [-0.2, 0) is 16.2 Å². The molecule has 4 rings (SSSR count). The van der Waals surface area contributed by atoms with Gasteiger partial charge in [-0.3, -0.25) is 14.6 Å². The van der Waals surface area contributed by atoms with Crippen molar-refractivity contribution in [1.82, 2.24) is 4.98 Å². The molecule has 2 heterocycles. The molecule has 1 atom stereocenters. The van der Waals surface area contributed by atoms with Crippen LogP contribution >= 0.6 is 0 Å². The standard InChI is InChI=1S/C23H21N3O3/c27-22-12-18(15-26(22)20-8-2-1-3-9-20)23(28)25-19-7-4-10-21(13-19)29-16-17-6-5-11-24-14-17/h1-11,13-14,18H,12,15-16H2,(H,25,28). The molecule has 1 fully saturated rings. The van der Waals surface area contributed by atoms with E-state index in [2.05, 4.69) is 10.3 Å². The number of pyridine rings is 1. The molecule has 0 saturated carbocycles. The minimum Gasteiger partial charge on any atom is -0.489 e. The highest BCUT2D eigenvalue weighted by molar-refractivity contribution is 6.03. The zero-order valence-electron chi connectivity index (χ0n) is 15.8. The maximum atomic E-state index is 12.7. The van der Waals surface area contributed by atoms with E-state index in [0.717, 1.165) is 11.3 Å². The summed E-state index contributed by atoms with van der Waals surface area (Å²) >= 11 is 0. The van der Waals surface area contributed by atoms with Crippen LogP contribution in [0, 0.1) is 5.92 Å². The van der Waals surface area contributed by atoms with E-state index in [1.54, 1.807) is 29.4 Å². The number of anilines is 2. The fourth-order valence-electron chi connectivity index (χ4n) is 3.30. The van der Waals surface area contributed by atoms with Crippen molar-refractivity contribution in [3.05, 3.63) is 84.7 Å². The summed E-state index contributed by atoms with van der Waals surface area (Å²) in [6.45, 7) is 0.778. The van der Waals surface area contributed by atoms with E-state index in [9.17, 15) is 9.59 Å². The van der Waals surface area contributed by atoms with Gasteiger partial charge in [-0.05, 0) is 30.3 Å². The minimum absolute atomic E-state index is 0.0371. The smallest absolute Gasteiger partial charge is 0.229 e. The Balaban J connectivity index is 1.37. The van der Waals surface area contributed by atoms with Crippen molar-refractivity contribution in [3.8, 4) is 5.75 Å². The lowest BCUT2D eigenvalue weighted by molar-refractivity contribution is -0.122. The van der Waals surface area contributed by atoms with E-state index in [1.165, 1.54) is 0 Å². The van der Waals surface area contributed by atoms with Gasteiger partial charge in [0.2, 0.25) is 11.8 Å². The maximum absolute atomic E-state index is 12.7. The van der Waals surface area contributed by atoms with Gasteiger partial charge in [0.1, 0.15) is 12.4 Å². The fourth-order valence-corrected chi connectivity index (χ4v) is 3.30. The first-order valence-corrected chi connectivity index (χ1v) is 9.47. The summed E-state index contributed by atoms with van der Waals surface area (Å²) in [5, 5.41) is 2.90. The van der Waals surface area contributed by atoms with Crippen molar-refractivity contribution < 1.29 is 14.3 Å². The summed E-state index contributed by atoms with van der Waals surface area (Å²) < 4.78 is 5.78. The second-order valence-corrected chi connectivity index (χ2v) is 6.91. The molecule has 3 aromatic rings. The molecule has 1 aromatic heterocycles. The van der Waals surface area contributed by atoms with Crippen LogP contribution in [0.1, 0.15) is 12.0 Å². The third-order valence-corrected chi connectivity index (χ3v) is 4.79. The Morgan fingerprint density at radius 2 is 1.97 bits per heavy atom. The summed E-state index contributed by atoms with van der Waals surface area (Å²) in [7, 11) is 0. The van der Waals surface area contributed by atoms with Crippen LogP contribution in [0.4, 0.5) is 11.4 Å². The Bertz CT molecular complexity index is 993. The lowest BCUT2D eigenvalue weighted by Crippen LogP contribution is -2.28. The van der Waals surface area contributed by atoms with Crippen molar-refractivity contribution in [2.75, 3.05) is 16.8 Å². The van der Waals surface area contributed by atoms with Crippen LogP contribution < -0.4 is 15.0 Å². The topological polar surface area (TPSA) is 71.5 Å². The van der Waals surface area contributed by atoms with Gasteiger partial charge in [0.25, 0.3) is 0 Å². The summed E-state index contributed by atoms with van der Waals surface area (Å²) in [4.78, 5) is 30.8. The van der Waals surface area contributed by atoms with Crippen molar-refractivity contribution in [3.63, 3.8) is 0 Å². The number of amides is 2. The third-order valence-electron chi connectivity index (χ3n) is 4.79. The lowest BCUT2D eigenvalue weighted by atomic mass is 10.1. The number of rotatable bonds is 6. The molecule has 0 spiro atoms. The first-order valence-electron chi connectivity index (χ1n) is 9.47. The molecule has 2 amide bonds. The second-order valence-electron chi connectivity index (χ2n) is 6.91. The average Bonchev–Trinajstić information content (AvgIpc) is 3.16. The zero-order chi connectivity index (χ0) is 20.1. The van der Waals surface area contributed by atoms with E-state index < -0.39 is 0 Å². The Hall–Kier alpha value is -3.67. The van der Waals surface area contributed by atoms with Crippen molar-refractivity contribution in [1.29, 1.82) is 0 Å². The van der Waals surface area contributed by atoms with Crippen molar-refractivity contribution >= 4 is 23.2 Å². The number of aromatic nitrogens is 1. The zero-order valence-corrected chi connectivity index (χ0v) is 15.8. The van der Waals surface area contributed by atoms with Gasteiger partial charge in [0.05, 0.1) is 5.92 Å². The SMILES string of the molecule is O=C(Nc1cccc(OCc2cccnc2)c1)C1CC(=O)N(c2ccccc2)C1. The molecule has 1 aliphatic heterocycles. The van der Waals surface area contributed by atoms with Crippen LogP contribution in [0.2, 0.25) is 0 Å². The van der Waals surface area contributed by atoms with Crippen LogP contribution in [0.15, 0.2) is 79.1 Å². The van der Waals surface area contributed by atoms with Gasteiger partial charge in [-0.25, -0.2) is 0 Å². The van der Waals surface area contributed by atoms with Crippen LogP contribution in [0.25, 0.3) is 0 Å². The van der Waals surface area contributed by atoms with E-state index >= 15 is 0 Å². The molecule has 1 aliphatic rings. The van der Waals surface area contributed by atoms with Crippen LogP contribution in [0.3, 0.4) is 0 Å². The predicted octanol–water partition coefficient (Wildman–Crippen LogP) is 3.65. The van der Waals surface area contributed by atoms with Crippen molar-refractivity contribution in [2.24, 2.45) is 5.92 Å². The first kappa shape index (κ1) is 18.7. The van der Waals surface area contributed by atoms with E-state index in [0.29, 0.717) is 24.6 Å². The molecule has 1 N–H and O–H groups in total. The lowest BCUT2D eigenvalue weighted by Gasteiger charge is -2.16. The molecule has 1 saturated heterocycles. The van der Waals surface area contributed by atoms with E-state index in [4.69, 9.17) is 4.74 Å². The number of nitrogens with zero attached hydrogens (tertiary/aromatic N) is 2. The molecule has 2 aromatic carbocycles. The number of carbonyl (C=O) groups is 2. The van der Waals surface area contributed by atoms with Gasteiger partial charge in [-0.15, -0.1) is 0 Å². The van der Waals surface area contributed by atoms with Gasteiger partial charge in [-0.2, -0.15) is 0 Å². The van der Waals surface area contributed by atoms with Gasteiger partial charge in [-0.1, -0.05) is 30.3 Å². The summed E-state index contributed by atoms with van der Waals surface area (Å²) in [5.41, 5.74) is 2.43. The number of carbonyl (C=O) groups excluding carboxylic acids is 2. The normalized spacial score (nSPS) is 15.9. The Kier molecular flexibility index (Phi) is 5.52. The Labute approximate surface area is 169 Å². The van der Waals surface area contributed by atoms with Gasteiger partial charge >= 0.3 is 0 Å². The van der Waals surface area contributed by atoms with Gasteiger partial charge in [0, 0.05) is 48.4 Å². The van der Waals surface area contributed by atoms with E-state index in [1.807, 2.05) is 54.6 Å². The summed E-state index contributed by atoms with van der Waals surface area (Å²) in [6.07, 6.45) is 3.67. The third kappa shape index (κ3) is 4.60. The number of para-hydroxylation sites is 1. The van der Waals surface area contributed by atoms with Gasteiger partial charge in [0.15, 0.2) is 0 Å². The van der Waals surface area contributed by atoms with Crippen LogP contribution in [-0.4, -0.2) is 23.3 Å². The highest BCUT2D eigenvalue weighted by atomic mass is 16.5. The molecule has 146 valence electrons. The number of nitrogens with one attached hydrogen (secondary N) is 1.